The minimum atomic E-state index is -0.759. The number of hydrogen-bond acceptors (Lipinski definition) is 6. The van der Waals surface area contributed by atoms with Gasteiger partial charge in [-0.15, -0.1) is 0 Å². The van der Waals surface area contributed by atoms with Crippen LogP contribution in [0.2, 0.25) is 0 Å². The number of methoxy groups -OCH3 is 2. The van der Waals surface area contributed by atoms with Crippen molar-refractivity contribution in [2.75, 3.05) is 27.4 Å². The highest BCUT2D eigenvalue weighted by atomic mass is 16.5. The topological polar surface area (TPSA) is 91.7 Å². The predicted octanol–water partition coefficient (Wildman–Crippen LogP) is 3.25. The van der Waals surface area contributed by atoms with Crippen molar-refractivity contribution >= 4 is 5.91 Å². The van der Waals surface area contributed by atoms with E-state index in [9.17, 15) is 9.59 Å². The second-order valence-corrected chi connectivity index (χ2v) is 7.37. The van der Waals surface area contributed by atoms with E-state index in [0.29, 0.717) is 36.8 Å². The predicted molar refractivity (Wildman–Crippen MR) is 126 cm³/mol. The summed E-state index contributed by atoms with van der Waals surface area (Å²) in [6, 6.07) is 15.4. The number of benzene rings is 2. The molecule has 0 bridgehead atoms. The van der Waals surface area contributed by atoms with E-state index in [-0.39, 0.29) is 11.5 Å². The number of ether oxygens (including phenoxy) is 3. The molecule has 0 aliphatic rings. The van der Waals surface area contributed by atoms with E-state index in [1.54, 1.807) is 27.2 Å². The van der Waals surface area contributed by atoms with Gasteiger partial charge in [0.25, 0.3) is 5.56 Å². The smallest absolute Gasteiger partial charge is 0.267 e. The Balaban J connectivity index is 1.66. The Morgan fingerprint density at radius 3 is 2.42 bits per heavy atom. The summed E-state index contributed by atoms with van der Waals surface area (Å²) in [5.74, 6) is 1.76. The summed E-state index contributed by atoms with van der Waals surface area (Å²) in [5, 5.41) is 7.30. The van der Waals surface area contributed by atoms with E-state index < -0.39 is 6.04 Å². The van der Waals surface area contributed by atoms with E-state index in [1.165, 1.54) is 10.7 Å². The molecular weight excluding hydrogens is 422 g/mol. The monoisotopic (exact) mass is 451 g/mol. The average Bonchev–Trinajstić information content (AvgIpc) is 2.84. The molecule has 174 valence electrons. The van der Waals surface area contributed by atoms with Gasteiger partial charge in [0.05, 0.1) is 26.5 Å². The van der Waals surface area contributed by atoms with Crippen molar-refractivity contribution in [2.24, 2.45) is 0 Å². The first-order chi connectivity index (χ1) is 16.0. The summed E-state index contributed by atoms with van der Waals surface area (Å²) < 4.78 is 17.2. The van der Waals surface area contributed by atoms with Gasteiger partial charge in [0.15, 0.2) is 11.5 Å². The molecule has 0 aliphatic heterocycles. The molecule has 3 aromatic rings. The second kappa shape index (κ2) is 11.2. The highest BCUT2D eigenvalue weighted by molar-refractivity contribution is 5.79. The Hall–Kier alpha value is -3.81. The van der Waals surface area contributed by atoms with Gasteiger partial charge < -0.3 is 19.5 Å². The van der Waals surface area contributed by atoms with Crippen LogP contribution in [-0.4, -0.2) is 43.1 Å². The van der Waals surface area contributed by atoms with Crippen molar-refractivity contribution in [2.45, 2.75) is 26.3 Å². The number of hydrogen-bond donors (Lipinski definition) is 1. The fourth-order valence-electron chi connectivity index (χ4n) is 3.37. The Labute approximate surface area is 193 Å². The quantitative estimate of drug-likeness (QED) is 0.509. The maximum Gasteiger partial charge on any atom is 0.267 e. The Morgan fingerprint density at radius 1 is 1.03 bits per heavy atom. The first-order valence-electron chi connectivity index (χ1n) is 10.8. The standard InChI is InChI=1S/C25H29N3O5/c1-5-33-20-9-7-19(8-10-20)21-11-13-24(29)28(27-21)17(2)25(30)26-15-14-18-6-12-22(31-3)23(16-18)32-4/h6-13,16-17H,5,14-15H2,1-4H3,(H,26,30). The zero-order valence-corrected chi connectivity index (χ0v) is 19.3. The Kier molecular flexibility index (Phi) is 8.07. The van der Waals surface area contributed by atoms with Crippen LogP contribution in [0.3, 0.4) is 0 Å². The summed E-state index contributed by atoms with van der Waals surface area (Å²) in [6.45, 7) is 4.57. The van der Waals surface area contributed by atoms with Gasteiger partial charge in [-0.1, -0.05) is 6.07 Å². The highest BCUT2D eigenvalue weighted by Gasteiger charge is 2.18. The molecule has 1 atom stereocenters. The molecule has 8 heteroatoms. The van der Waals surface area contributed by atoms with Crippen LogP contribution in [0.1, 0.15) is 25.5 Å². The average molecular weight is 452 g/mol. The maximum absolute atomic E-state index is 12.7. The van der Waals surface area contributed by atoms with Gasteiger partial charge in [0, 0.05) is 18.2 Å². The number of nitrogens with one attached hydrogen (secondary N) is 1. The molecular formula is C25H29N3O5. The molecule has 8 nitrogen and oxygen atoms in total. The minimum Gasteiger partial charge on any atom is -0.494 e. The van der Waals surface area contributed by atoms with E-state index in [4.69, 9.17) is 14.2 Å². The first kappa shape index (κ1) is 23.8. The Bertz CT molecular complexity index is 1140. The zero-order chi connectivity index (χ0) is 23.8. The molecule has 2 aromatic carbocycles. The third-order valence-corrected chi connectivity index (χ3v) is 5.19. The van der Waals surface area contributed by atoms with E-state index in [1.807, 2.05) is 49.4 Å². The summed E-state index contributed by atoms with van der Waals surface area (Å²) in [5.41, 5.74) is 2.08. The van der Waals surface area contributed by atoms with Crippen LogP contribution in [0.25, 0.3) is 11.3 Å². The molecule has 1 unspecified atom stereocenters. The number of amides is 1. The summed E-state index contributed by atoms with van der Waals surface area (Å²) in [4.78, 5) is 25.1. The van der Waals surface area contributed by atoms with Gasteiger partial charge in [0.1, 0.15) is 11.8 Å². The highest BCUT2D eigenvalue weighted by Crippen LogP contribution is 2.27. The van der Waals surface area contributed by atoms with E-state index >= 15 is 0 Å². The van der Waals surface area contributed by atoms with Crippen molar-refractivity contribution in [3.8, 4) is 28.5 Å². The van der Waals surface area contributed by atoms with Gasteiger partial charge in [-0.3, -0.25) is 9.59 Å². The largest absolute Gasteiger partial charge is 0.494 e. The van der Waals surface area contributed by atoms with Crippen LogP contribution in [0.5, 0.6) is 17.2 Å². The summed E-state index contributed by atoms with van der Waals surface area (Å²) in [7, 11) is 3.16. The lowest BCUT2D eigenvalue weighted by Crippen LogP contribution is -2.37. The molecule has 1 aromatic heterocycles. The van der Waals surface area contributed by atoms with Gasteiger partial charge in [-0.05, 0) is 68.3 Å². The van der Waals surface area contributed by atoms with Crippen molar-refractivity contribution in [3.05, 3.63) is 70.5 Å². The number of carbonyl (C=O) groups excluding carboxylic acids is 1. The van der Waals surface area contributed by atoms with Crippen LogP contribution in [0.4, 0.5) is 0 Å². The van der Waals surface area contributed by atoms with Crippen LogP contribution in [-0.2, 0) is 11.2 Å². The third kappa shape index (κ3) is 5.91. The van der Waals surface area contributed by atoms with Gasteiger partial charge >= 0.3 is 0 Å². The van der Waals surface area contributed by atoms with Crippen molar-refractivity contribution < 1.29 is 19.0 Å². The SMILES string of the molecule is CCOc1ccc(-c2ccc(=O)n(C(C)C(=O)NCCc3ccc(OC)c(OC)c3)n2)cc1. The van der Waals surface area contributed by atoms with Gasteiger partial charge in [-0.25, -0.2) is 4.68 Å². The molecule has 0 aliphatic carbocycles. The zero-order valence-electron chi connectivity index (χ0n) is 19.3. The fraction of sp³-hybridized carbons (Fsp3) is 0.320. The molecule has 1 amide bonds. The lowest BCUT2D eigenvalue weighted by Gasteiger charge is -2.15. The third-order valence-electron chi connectivity index (χ3n) is 5.19. The second-order valence-electron chi connectivity index (χ2n) is 7.37. The number of aromatic nitrogens is 2. The lowest BCUT2D eigenvalue weighted by atomic mass is 10.1. The van der Waals surface area contributed by atoms with E-state index in [0.717, 1.165) is 16.9 Å². The lowest BCUT2D eigenvalue weighted by molar-refractivity contribution is -0.124. The number of rotatable bonds is 10. The van der Waals surface area contributed by atoms with Crippen LogP contribution >= 0.6 is 0 Å². The molecule has 0 spiro atoms. The maximum atomic E-state index is 12.7. The molecule has 33 heavy (non-hydrogen) atoms. The van der Waals surface area contributed by atoms with Crippen LogP contribution in [0, 0.1) is 0 Å². The van der Waals surface area contributed by atoms with Crippen LogP contribution < -0.4 is 25.1 Å². The fourth-order valence-corrected chi connectivity index (χ4v) is 3.37. The summed E-state index contributed by atoms with van der Waals surface area (Å²) >= 11 is 0. The summed E-state index contributed by atoms with van der Waals surface area (Å²) in [6.07, 6.45) is 0.605. The van der Waals surface area contributed by atoms with Crippen molar-refractivity contribution in [1.82, 2.24) is 15.1 Å². The first-order valence-corrected chi connectivity index (χ1v) is 10.8. The molecule has 0 saturated carbocycles. The molecule has 1 heterocycles. The normalized spacial score (nSPS) is 11.5. The van der Waals surface area contributed by atoms with E-state index in [2.05, 4.69) is 10.4 Å². The molecule has 0 fully saturated rings. The van der Waals surface area contributed by atoms with Crippen molar-refractivity contribution in [3.63, 3.8) is 0 Å². The van der Waals surface area contributed by atoms with Crippen molar-refractivity contribution in [1.29, 1.82) is 0 Å². The number of carbonyl (C=O) groups is 1. The molecule has 3 rings (SSSR count). The minimum absolute atomic E-state index is 0.283. The number of nitrogens with zero attached hydrogens (tertiary/aromatic N) is 2. The van der Waals surface area contributed by atoms with Crippen LogP contribution in [0.15, 0.2) is 59.4 Å². The molecule has 0 saturated heterocycles. The Morgan fingerprint density at radius 2 is 1.76 bits per heavy atom. The molecule has 0 radical (unpaired) electrons. The van der Waals surface area contributed by atoms with Gasteiger partial charge in [-0.2, -0.15) is 5.10 Å². The van der Waals surface area contributed by atoms with Gasteiger partial charge in [0.2, 0.25) is 5.91 Å². The molecule has 1 N–H and O–H groups in total.